The van der Waals surface area contributed by atoms with E-state index < -0.39 is 23.5 Å². The second-order valence-corrected chi connectivity index (χ2v) is 12.0. The summed E-state index contributed by atoms with van der Waals surface area (Å²) in [5.41, 5.74) is 3.78. The molecule has 3 aromatic carbocycles. The normalized spacial score (nSPS) is 15.1. The summed E-state index contributed by atoms with van der Waals surface area (Å²) < 4.78 is 6.60. The molecule has 0 spiro atoms. The van der Waals surface area contributed by atoms with Crippen LogP contribution >= 0.6 is 23.1 Å². The maximum atomic E-state index is 13.6. The molecule has 1 N–H and O–H groups in total. The van der Waals surface area contributed by atoms with Crippen LogP contribution in [0.25, 0.3) is 6.08 Å². The predicted octanol–water partition coefficient (Wildman–Crippen LogP) is 7.50. The molecule has 2 heterocycles. The quantitative estimate of drug-likeness (QED) is 0.0782. The first kappa shape index (κ1) is 29.3. The van der Waals surface area contributed by atoms with Gasteiger partial charge < -0.3 is 9.84 Å². The van der Waals surface area contributed by atoms with Crippen molar-refractivity contribution in [2.24, 2.45) is 0 Å². The van der Waals surface area contributed by atoms with E-state index in [4.69, 9.17) is 4.74 Å². The van der Waals surface area contributed by atoms with E-state index in [2.05, 4.69) is 41.4 Å². The van der Waals surface area contributed by atoms with Crippen molar-refractivity contribution in [3.05, 3.63) is 119 Å². The molecule has 1 aromatic heterocycles. The number of hydrogen-bond donors (Lipinski definition) is 1. The highest BCUT2D eigenvalue weighted by atomic mass is 32.2. The summed E-state index contributed by atoms with van der Waals surface area (Å²) in [7, 11) is 0. The minimum absolute atomic E-state index is 0.0121. The van der Waals surface area contributed by atoms with Crippen LogP contribution in [0.15, 0.2) is 101 Å². The van der Waals surface area contributed by atoms with Gasteiger partial charge in [-0.05, 0) is 48.2 Å². The molecule has 1 aliphatic heterocycles. The lowest BCUT2D eigenvalue weighted by Gasteiger charge is -2.24. The Morgan fingerprint density at radius 1 is 1.07 bits per heavy atom. The van der Waals surface area contributed by atoms with Crippen LogP contribution in [-0.4, -0.2) is 33.6 Å². The van der Waals surface area contributed by atoms with Crippen LogP contribution in [-0.2, 0) is 15.3 Å². The van der Waals surface area contributed by atoms with Crippen molar-refractivity contribution in [3.8, 4) is 5.75 Å². The largest absolute Gasteiger partial charge is 0.503 e. The van der Waals surface area contributed by atoms with Crippen molar-refractivity contribution in [1.82, 2.24) is 10.2 Å². The number of carbonyl (C=O) groups is 2. The van der Waals surface area contributed by atoms with Gasteiger partial charge in [0.25, 0.3) is 5.91 Å². The third-order valence-corrected chi connectivity index (χ3v) is 8.85. The van der Waals surface area contributed by atoms with Crippen molar-refractivity contribution in [1.29, 1.82) is 0 Å². The number of anilines is 1. The molecule has 0 fully saturated rings. The van der Waals surface area contributed by atoms with Gasteiger partial charge in [0.15, 0.2) is 15.9 Å². The average molecular weight is 598 g/mol. The molecular formula is C33H31N3O4S2. The second-order valence-electron chi connectivity index (χ2n) is 9.85. The highest BCUT2D eigenvalue weighted by Gasteiger charge is 2.45. The first-order valence-electron chi connectivity index (χ1n) is 13.7. The number of benzene rings is 3. The zero-order chi connectivity index (χ0) is 29.5. The molecule has 1 atom stereocenters. The average Bonchev–Trinajstić information content (AvgIpc) is 3.58. The maximum absolute atomic E-state index is 13.6. The summed E-state index contributed by atoms with van der Waals surface area (Å²) in [6.07, 6.45) is 4.95. The van der Waals surface area contributed by atoms with Crippen LogP contribution in [0.2, 0.25) is 0 Å². The topological polar surface area (TPSA) is 92.6 Å². The number of allylic oxidation sites excluding steroid dienone is 1. The van der Waals surface area contributed by atoms with Gasteiger partial charge in [-0.1, -0.05) is 115 Å². The van der Waals surface area contributed by atoms with Crippen molar-refractivity contribution in [2.75, 3.05) is 11.5 Å². The summed E-state index contributed by atoms with van der Waals surface area (Å²) >= 11 is 2.77. The van der Waals surface area contributed by atoms with Crippen molar-refractivity contribution in [2.45, 2.75) is 42.8 Å². The SMILES string of the molecule is CCCCOc1cccc(C2C(C(=O)C=Cc3ccccc3)=C(O)C(=O)N2c2nnc(SCc3ccc(C)cc3)s2)c1. The molecule has 4 aromatic rings. The number of aryl methyl sites for hydroxylation is 1. The van der Waals surface area contributed by atoms with Gasteiger partial charge in [0, 0.05) is 5.75 Å². The number of carbonyl (C=O) groups excluding carboxylic acids is 2. The fourth-order valence-electron chi connectivity index (χ4n) is 4.49. The number of ketones is 1. The lowest BCUT2D eigenvalue weighted by molar-refractivity contribution is -0.117. The molecule has 1 aliphatic rings. The molecule has 214 valence electrons. The van der Waals surface area contributed by atoms with Gasteiger partial charge >= 0.3 is 0 Å². The zero-order valence-electron chi connectivity index (χ0n) is 23.4. The zero-order valence-corrected chi connectivity index (χ0v) is 25.0. The van der Waals surface area contributed by atoms with Gasteiger partial charge in [-0.25, -0.2) is 0 Å². The van der Waals surface area contributed by atoms with E-state index in [-0.39, 0.29) is 5.57 Å². The Morgan fingerprint density at radius 3 is 2.62 bits per heavy atom. The third kappa shape index (κ3) is 6.80. The van der Waals surface area contributed by atoms with Gasteiger partial charge in [-0.2, -0.15) is 0 Å². The van der Waals surface area contributed by atoms with E-state index >= 15 is 0 Å². The summed E-state index contributed by atoms with van der Waals surface area (Å²) in [5, 5.41) is 20.0. The lowest BCUT2D eigenvalue weighted by atomic mass is 9.95. The number of nitrogens with zero attached hydrogens (tertiary/aromatic N) is 3. The van der Waals surface area contributed by atoms with Gasteiger partial charge in [0.05, 0.1) is 18.2 Å². The molecule has 1 amide bonds. The Bertz CT molecular complexity index is 1610. The molecule has 1 unspecified atom stereocenters. The number of aliphatic hydroxyl groups excluding tert-OH is 1. The molecule has 5 rings (SSSR count). The molecule has 9 heteroatoms. The first-order valence-corrected chi connectivity index (χ1v) is 15.5. The number of unbranched alkanes of at least 4 members (excludes halogenated alkanes) is 1. The monoisotopic (exact) mass is 597 g/mol. The molecule has 0 radical (unpaired) electrons. The van der Waals surface area contributed by atoms with Gasteiger partial charge in [0.2, 0.25) is 5.13 Å². The molecule has 0 saturated carbocycles. The fraction of sp³-hybridized carbons (Fsp3) is 0.212. The van der Waals surface area contributed by atoms with E-state index in [1.165, 1.54) is 39.6 Å². The first-order chi connectivity index (χ1) is 20.4. The minimum Gasteiger partial charge on any atom is -0.503 e. The van der Waals surface area contributed by atoms with Crippen LogP contribution in [0.1, 0.15) is 48.1 Å². The van der Waals surface area contributed by atoms with Crippen molar-refractivity contribution >= 4 is 46.0 Å². The maximum Gasteiger partial charge on any atom is 0.296 e. The summed E-state index contributed by atoms with van der Waals surface area (Å²) in [6, 6.07) is 24.0. The molecule has 0 bridgehead atoms. The Morgan fingerprint density at radius 2 is 1.86 bits per heavy atom. The van der Waals surface area contributed by atoms with Crippen LogP contribution in [0, 0.1) is 6.92 Å². The van der Waals surface area contributed by atoms with E-state index in [0.29, 0.717) is 33.1 Å². The third-order valence-electron chi connectivity index (χ3n) is 6.73. The van der Waals surface area contributed by atoms with Crippen LogP contribution < -0.4 is 9.64 Å². The highest BCUT2D eigenvalue weighted by Crippen LogP contribution is 2.44. The van der Waals surface area contributed by atoms with Gasteiger partial charge in [-0.15, -0.1) is 10.2 Å². The molecule has 0 saturated heterocycles. The minimum atomic E-state index is -0.900. The van der Waals surface area contributed by atoms with Gasteiger partial charge in [-0.3, -0.25) is 14.5 Å². The number of amides is 1. The smallest absolute Gasteiger partial charge is 0.296 e. The van der Waals surface area contributed by atoms with E-state index in [1.807, 2.05) is 61.5 Å². The van der Waals surface area contributed by atoms with Crippen LogP contribution in [0.4, 0.5) is 5.13 Å². The Hall–Kier alpha value is -4.21. The van der Waals surface area contributed by atoms with Gasteiger partial charge in [0.1, 0.15) is 5.75 Å². The van der Waals surface area contributed by atoms with E-state index in [9.17, 15) is 14.7 Å². The summed E-state index contributed by atoms with van der Waals surface area (Å²) in [5.74, 6) is -0.434. The molecule has 0 aliphatic carbocycles. The molecule has 42 heavy (non-hydrogen) atoms. The number of thioether (sulfide) groups is 1. The molecule has 7 nitrogen and oxygen atoms in total. The standard InChI is InChI=1S/C33H31N3O4S2/c1-3-4-19-40-26-12-8-11-25(20-26)29-28(27(37)18-17-23-9-6-5-7-10-23)30(38)31(39)36(29)32-34-35-33(42-32)41-21-24-15-13-22(2)14-16-24/h5-18,20,29,38H,3-4,19,21H2,1-2H3. The number of ether oxygens (including phenoxy) is 1. The summed E-state index contributed by atoms with van der Waals surface area (Å²) in [6.45, 7) is 4.69. The lowest BCUT2D eigenvalue weighted by Crippen LogP contribution is -2.30. The van der Waals surface area contributed by atoms with E-state index in [0.717, 1.165) is 24.0 Å². The predicted molar refractivity (Wildman–Crippen MR) is 168 cm³/mol. The van der Waals surface area contributed by atoms with Crippen LogP contribution in [0.3, 0.4) is 0 Å². The Balaban J connectivity index is 1.46. The number of rotatable bonds is 12. The van der Waals surface area contributed by atoms with Crippen molar-refractivity contribution in [3.63, 3.8) is 0 Å². The Kier molecular flexibility index (Phi) is 9.51. The number of hydrogen-bond acceptors (Lipinski definition) is 8. The van der Waals surface area contributed by atoms with E-state index in [1.54, 1.807) is 6.08 Å². The van der Waals surface area contributed by atoms with Crippen molar-refractivity contribution < 1.29 is 19.4 Å². The Labute approximate surface area is 253 Å². The number of aliphatic hydroxyl groups is 1. The fourth-order valence-corrected chi connectivity index (χ4v) is 6.32. The molecular weight excluding hydrogens is 567 g/mol. The number of aromatic nitrogens is 2. The summed E-state index contributed by atoms with van der Waals surface area (Å²) in [4.78, 5) is 28.5. The van der Waals surface area contributed by atoms with Crippen LogP contribution in [0.5, 0.6) is 5.75 Å². The second kappa shape index (κ2) is 13.6. The highest BCUT2D eigenvalue weighted by molar-refractivity contribution is 8.00.